The number of alkyl halides is 6. The van der Waals surface area contributed by atoms with Crippen molar-refractivity contribution in [3.8, 4) is 0 Å². The Bertz CT molecular complexity index is 1280. The molecule has 198 valence electrons. The van der Waals surface area contributed by atoms with Crippen LogP contribution < -0.4 is 15.6 Å². The first-order valence-corrected chi connectivity index (χ1v) is 11.5. The van der Waals surface area contributed by atoms with E-state index in [9.17, 15) is 39.6 Å². The molecule has 36 heavy (non-hydrogen) atoms. The van der Waals surface area contributed by atoms with Gasteiger partial charge in [0.25, 0.3) is 10.0 Å². The van der Waals surface area contributed by atoms with Crippen LogP contribution in [0.4, 0.5) is 37.7 Å². The number of aliphatic carboxylic acids is 1. The summed E-state index contributed by atoms with van der Waals surface area (Å²) in [6, 6.07) is 5.67. The third-order valence-electron chi connectivity index (χ3n) is 4.72. The number of anilines is 1. The van der Waals surface area contributed by atoms with Gasteiger partial charge in [-0.05, 0) is 42.5 Å². The van der Waals surface area contributed by atoms with Crippen LogP contribution in [0.25, 0.3) is 0 Å². The van der Waals surface area contributed by atoms with Crippen molar-refractivity contribution in [1.29, 1.82) is 0 Å². The number of sulfonamides is 1. The molecular weight excluding hydrogens is 546 g/mol. The van der Waals surface area contributed by atoms with E-state index < -0.39 is 44.9 Å². The van der Waals surface area contributed by atoms with E-state index in [0.717, 1.165) is 32.1 Å². The molecule has 0 radical (unpaired) electrons. The lowest BCUT2D eigenvalue weighted by molar-refractivity contribution is -0.344. The van der Waals surface area contributed by atoms with Gasteiger partial charge in [-0.3, -0.25) is 4.72 Å². The Morgan fingerprint density at radius 2 is 1.67 bits per heavy atom. The fourth-order valence-corrected chi connectivity index (χ4v) is 4.58. The van der Waals surface area contributed by atoms with Gasteiger partial charge in [-0.1, -0.05) is 17.7 Å². The number of benzene rings is 2. The van der Waals surface area contributed by atoms with Crippen LogP contribution in [0.3, 0.4) is 0 Å². The average molecular weight is 563 g/mol. The summed E-state index contributed by atoms with van der Waals surface area (Å²) in [7, 11) is -3.16. The van der Waals surface area contributed by atoms with Crippen LogP contribution in [0, 0.1) is 0 Å². The highest BCUT2D eigenvalue weighted by molar-refractivity contribution is 7.92. The van der Waals surface area contributed by atoms with Crippen molar-refractivity contribution < 1.29 is 59.9 Å². The largest absolute Gasteiger partial charge is 0.542 e. The maximum Gasteiger partial charge on any atom is 0.430 e. The fraction of sp³-hybridized carbons (Fsp3) is 0.300. The molecule has 2 aromatic carbocycles. The molecule has 4 N–H and O–H groups in total. The Morgan fingerprint density at radius 1 is 1.11 bits per heavy atom. The number of carbonyl (C=O) groups is 2. The summed E-state index contributed by atoms with van der Waals surface area (Å²) in [5.74, 6) is -3.73. The minimum absolute atomic E-state index is 0.00319. The van der Waals surface area contributed by atoms with E-state index in [0.29, 0.717) is 11.6 Å². The molecule has 0 unspecified atom stereocenters. The summed E-state index contributed by atoms with van der Waals surface area (Å²) in [6.45, 7) is 0. The van der Waals surface area contributed by atoms with E-state index in [2.05, 4.69) is 15.2 Å². The van der Waals surface area contributed by atoms with Crippen molar-refractivity contribution in [2.45, 2.75) is 36.0 Å². The second-order valence-corrected chi connectivity index (χ2v) is 9.45. The van der Waals surface area contributed by atoms with Gasteiger partial charge in [0.1, 0.15) is 11.7 Å². The lowest BCUT2D eigenvalue weighted by Gasteiger charge is -2.16. The van der Waals surface area contributed by atoms with Gasteiger partial charge in [0.2, 0.25) is 0 Å². The minimum Gasteiger partial charge on any atom is -0.542 e. The number of rotatable bonds is 5. The Kier molecular flexibility index (Phi) is 8.53. The predicted molar refractivity (Wildman–Crippen MR) is 111 cm³/mol. The van der Waals surface area contributed by atoms with Crippen LogP contribution in [0.1, 0.15) is 40.2 Å². The molecule has 0 atom stereocenters. The Hall–Kier alpha value is -3.04. The van der Waals surface area contributed by atoms with E-state index in [-0.39, 0.29) is 27.8 Å². The summed E-state index contributed by atoms with van der Waals surface area (Å²) in [4.78, 5) is 20.4. The number of quaternary nitrogens is 1. The van der Waals surface area contributed by atoms with E-state index in [1.54, 1.807) is 0 Å². The highest BCUT2D eigenvalue weighted by Gasteiger charge is 2.36. The minimum atomic E-state index is -5.19. The third kappa shape index (κ3) is 7.24. The number of esters is 1. The van der Waals surface area contributed by atoms with Crippen molar-refractivity contribution >= 4 is 44.9 Å². The number of nitrogens with one attached hydrogen (secondary N) is 1. The molecule has 1 fully saturated rings. The number of hydrogen-bond donors (Lipinski definition) is 2. The monoisotopic (exact) mass is 562 g/mol. The van der Waals surface area contributed by atoms with E-state index >= 15 is 0 Å². The zero-order valence-electron chi connectivity index (χ0n) is 18.1. The molecule has 8 nitrogen and oxygen atoms in total. The molecule has 0 aliphatic heterocycles. The summed E-state index contributed by atoms with van der Waals surface area (Å²) in [5.41, 5.74) is 2.49. The quantitative estimate of drug-likeness (QED) is 0.424. The molecule has 0 aromatic heterocycles. The molecular formula is C20H17ClF6N2O6S. The summed E-state index contributed by atoms with van der Waals surface area (Å²) in [6.07, 6.45) is -8.41. The highest BCUT2D eigenvalue weighted by atomic mass is 35.5. The number of hydrogen-bond acceptors (Lipinski definition) is 6. The van der Waals surface area contributed by atoms with Gasteiger partial charge in [-0.15, -0.1) is 0 Å². The number of ether oxygens (including phenoxy) is 1. The van der Waals surface area contributed by atoms with Crippen molar-refractivity contribution in [2.75, 3.05) is 11.8 Å². The van der Waals surface area contributed by atoms with Crippen LogP contribution in [-0.2, 0) is 25.7 Å². The van der Waals surface area contributed by atoms with Crippen LogP contribution in [-0.4, -0.2) is 33.6 Å². The maximum atomic E-state index is 13.1. The normalized spacial score (nSPS) is 13.9. The van der Waals surface area contributed by atoms with Gasteiger partial charge in [0, 0.05) is 6.07 Å². The second-order valence-electron chi connectivity index (χ2n) is 7.40. The van der Waals surface area contributed by atoms with E-state index in [1.807, 2.05) is 0 Å². The zero-order chi connectivity index (χ0) is 27.6. The molecule has 0 amide bonds. The van der Waals surface area contributed by atoms with Crippen molar-refractivity contribution in [2.24, 2.45) is 0 Å². The van der Waals surface area contributed by atoms with Crippen molar-refractivity contribution in [1.82, 2.24) is 0 Å². The average Bonchev–Trinajstić information content (AvgIpc) is 3.59. The van der Waals surface area contributed by atoms with Crippen LogP contribution in [0.2, 0.25) is 5.02 Å². The second kappa shape index (κ2) is 10.5. The number of carboxylic acid groups (broad SMARTS) is 1. The lowest BCUT2D eigenvalue weighted by atomic mass is 10.1. The molecule has 0 heterocycles. The number of carbonyl (C=O) groups excluding carboxylic acids is 2. The molecule has 0 bridgehead atoms. The Balaban J connectivity index is 0.000000572. The molecule has 0 saturated heterocycles. The fourth-order valence-electron chi connectivity index (χ4n) is 2.87. The molecule has 3 rings (SSSR count). The SMILES string of the molecule is COC(=O)c1ccc(C2CC2)c(S(=O)(=O)Nc2cc(C(F)(F)F)c(Cl)cc2[NH3+])c1.O=C([O-])C(F)(F)F. The molecule has 1 saturated carbocycles. The Morgan fingerprint density at radius 3 is 2.11 bits per heavy atom. The standard InChI is InChI=1S/C18H16ClF3N2O4S.C2HF3O2/c1-28-17(25)10-4-5-11(9-2-3-9)16(6-10)29(26,27)24-15-7-12(18(20,21)22)13(19)8-14(15)23;3-2(4,5)1(6)7/h4-9,24H,2-3,23H2,1H3;(H,6,7). The van der Waals surface area contributed by atoms with Gasteiger partial charge in [-0.2, -0.15) is 26.3 Å². The van der Waals surface area contributed by atoms with Gasteiger partial charge in [0.05, 0.1) is 28.2 Å². The maximum absolute atomic E-state index is 13.1. The summed E-state index contributed by atoms with van der Waals surface area (Å²) in [5, 5.41) is 8.20. The van der Waals surface area contributed by atoms with Crippen LogP contribution >= 0.6 is 11.6 Å². The first-order chi connectivity index (χ1) is 16.4. The van der Waals surface area contributed by atoms with E-state index in [4.69, 9.17) is 21.5 Å². The smallest absolute Gasteiger partial charge is 0.430 e. The summed E-state index contributed by atoms with van der Waals surface area (Å²) < 4.78 is 104. The first-order valence-electron chi connectivity index (χ1n) is 9.64. The van der Waals surface area contributed by atoms with Crippen LogP contribution in [0.5, 0.6) is 0 Å². The van der Waals surface area contributed by atoms with Gasteiger partial charge in [-0.25, -0.2) is 13.2 Å². The molecule has 2 aromatic rings. The third-order valence-corrected chi connectivity index (χ3v) is 6.45. The molecule has 0 spiro atoms. The Labute approximate surface area is 205 Å². The van der Waals surface area contributed by atoms with Crippen molar-refractivity contribution in [3.63, 3.8) is 0 Å². The van der Waals surface area contributed by atoms with Gasteiger partial charge >= 0.3 is 18.3 Å². The molecule has 1 aliphatic rings. The van der Waals surface area contributed by atoms with Crippen molar-refractivity contribution in [3.05, 3.63) is 52.0 Å². The molecule has 1 aliphatic carbocycles. The summed E-state index contributed by atoms with van der Waals surface area (Å²) >= 11 is 5.63. The topological polar surface area (TPSA) is 140 Å². The van der Waals surface area contributed by atoms with Gasteiger partial charge in [0.15, 0.2) is 5.69 Å². The van der Waals surface area contributed by atoms with Crippen LogP contribution in [0.15, 0.2) is 35.2 Å². The number of carboxylic acids is 1. The van der Waals surface area contributed by atoms with E-state index in [1.165, 1.54) is 12.1 Å². The zero-order valence-corrected chi connectivity index (χ0v) is 19.7. The highest BCUT2D eigenvalue weighted by Crippen LogP contribution is 2.44. The molecule has 16 heteroatoms. The first kappa shape index (κ1) is 29.2. The number of halogens is 7. The predicted octanol–water partition coefficient (Wildman–Crippen LogP) is 3.00. The number of methoxy groups -OCH3 is 1. The van der Waals surface area contributed by atoms with Gasteiger partial charge < -0.3 is 20.4 Å². The lowest BCUT2D eigenvalue weighted by Crippen LogP contribution is -2.41.